The number of hydrogen-bond donors (Lipinski definition) is 2. The molecule has 0 aliphatic heterocycles. The van der Waals surface area contributed by atoms with Crippen molar-refractivity contribution in [2.75, 3.05) is 6.61 Å². The van der Waals surface area contributed by atoms with Gasteiger partial charge in [0.2, 0.25) is 0 Å². The minimum atomic E-state index is -0.442. The van der Waals surface area contributed by atoms with Crippen LogP contribution in [0.25, 0.3) is 0 Å². The van der Waals surface area contributed by atoms with Crippen molar-refractivity contribution in [1.29, 1.82) is 0 Å². The monoisotopic (exact) mass is 247 g/mol. The molecule has 1 unspecified atom stereocenters. The van der Waals surface area contributed by atoms with Crippen molar-refractivity contribution in [3.8, 4) is 0 Å². The van der Waals surface area contributed by atoms with Crippen molar-refractivity contribution in [3.63, 3.8) is 0 Å². The third-order valence-corrected chi connectivity index (χ3v) is 2.29. The Kier molecular flexibility index (Phi) is 3.84. The molecule has 0 aliphatic carbocycles. The second-order valence-corrected chi connectivity index (χ2v) is 3.70. The van der Waals surface area contributed by atoms with Gasteiger partial charge in [-0.05, 0) is 24.6 Å². The smallest absolute Gasteiger partial charge is 0.128 e. The molecule has 0 spiro atoms. The molecule has 0 radical (unpaired) electrons. The molecular weight excluding hydrogens is 237 g/mol. The van der Waals surface area contributed by atoms with Gasteiger partial charge in [-0.25, -0.2) is 4.39 Å². The van der Waals surface area contributed by atoms with E-state index in [2.05, 4.69) is 15.9 Å². The maximum atomic E-state index is 13.2. The Morgan fingerprint density at radius 2 is 2.23 bits per heavy atom. The Hall–Kier alpha value is -0.450. The quantitative estimate of drug-likeness (QED) is 0.858. The summed E-state index contributed by atoms with van der Waals surface area (Å²) >= 11 is 3.23. The molecule has 4 heteroatoms. The minimum Gasteiger partial charge on any atom is -0.396 e. The molecule has 1 atom stereocenters. The Morgan fingerprint density at radius 1 is 1.54 bits per heavy atom. The van der Waals surface area contributed by atoms with Crippen LogP contribution in [-0.2, 0) is 0 Å². The highest BCUT2D eigenvalue weighted by molar-refractivity contribution is 9.10. The summed E-state index contributed by atoms with van der Waals surface area (Å²) in [6.07, 6.45) is 0.368. The molecule has 0 heterocycles. The van der Waals surface area contributed by atoms with Crippen LogP contribution in [0.1, 0.15) is 18.0 Å². The molecule has 72 valence electrons. The number of nitrogens with two attached hydrogens (primary N) is 1. The van der Waals surface area contributed by atoms with Gasteiger partial charge in [0, 0.05) is 22.7 Å². The Balaban J connectivity index is 2.91. The molecule has 0 saturated heterocycles. The summed E-state index contributed by atoms with van der Waals surface area (Å²) in [5.74, 6) is -0.329. The maximum Gasteiger partial charge on any atom is 0.128 e. The van der Waals surface area contributed by atoms with Crippen LogP contribution in [0.4, 0.5) is 4.39 Å². The molecule has 0 saturated carbocycles. The molecule has 0 aliphatic rings. The summed E-state index contributed by atoms with van der Waals surface area (Å²) in [7, 11) is 0. The van der Waals surface area contributed by atoms with Gasteiger partial charge in [0.25, 0.3) is 0 Å². The predicted molar refractivity (Wildman–Crippen MR) is 52.7 cm³/mol. The molecule has 1 aromatic rings. The van der Waals surface area contributed by atoms with Crippen molar-refractivity contribution < 1.29 is 9.50 Å². The third-order valence-electron chi connectivity index (χ3n) is 1.80. The second kappa shape index (κ2) is 4.69. The Morgan fingerprint density at radius 3 is 2.85 bits per heavy atom. The molecule has 0 amide bonds. The molecule has 1 aromatic carbocycles. The summed E-state index contributed by atoms with van der Waals surface area (Å²) in [5.41, 5.74) is 6.09. The van der Waals surface area contributed by atoms with Crippen LogP contribution in [0.5, 0.6) is 0 Å². The molecule has 0 aromatic heterocycles. The Labute approximate surface area is 84.7 Å². The molecule has 2 nitrogen and oxygen atoms in total. The van der Waals surface area contributed by atoms with Gasteiger partial charge in [0.15, 0.2) is 0 Å². The Bertz CT molecular complexity index is 293. The minimum absolute atomic E-state index is 0.0346. The van der Waals surface area contributed by atoms with E-state index in [1.165, 1.54) is 6.07 Å². The molecular formula is C9H11BrFNO. The van der Waals surface area contributed by atoms with E-state index in [-0.39, 0.29) is 12.4 Å². The van der Waals surface area contributed by atoms with E-state index in [1.54, 1.807) is 12.1 Å². The van der Waals surface area contributed by atoms with Gasteiger partial charge in [-0.15, -0.1) is 0 Å². The van der Waals surface area contributed by atoms with E-state index in [9.17, 15) is 4.39 Å². The van der Waals surface area contributed by atoms with Crippen molar-refractivity contribution in [3.05, 3.63) is 34.1 Å². The van der Waals surface area contributed by atoms with E-state index in [4.69, 9.17) is 10.8 Å². The first-order valence-electron chi connectivity index (χ1n) is 3.96. The first-order valence-corrected chi connectivity index (χ1v) is 4.76. The first-order chi connectivity index (χ1) is 6.15. The van der Waals surface area contributed by atoms with Crippen molar-refractivity contribution in [2.24, 2.45) is 5.73 Å². The fourth-order valence-electron chi connectivity index (χ4n) is 1.09. The zero-order valence-electron chi connectivity index (χ0n) is 7.00. The van der Waals surface area contributed by atoms with Crippen LogP contribution in [0.2, 0.25) is 0 Å². The van der Waals surface area contributed by atoms with Crippen LogP contribution >= 0.6 is 15.9 Å². The highest BCUT2D eigenvalue weighted by atomic mass is 79.9. The number of rotatable bonds is 3. The van der Waals surface area contributed by atoms with Gasteiger partial charge in [0.1, 0.15) is 5.82 Å². The fraction of sp³-hybridized carbons (Fsp3) is 0.333. The summed E-state index contributed by atoms with van der Waals surface area (Å²) in [4.78, 5) is 0. The summed E-state index contributed by atoms with van der Waals surface area (Å²) in [5, 5.41) is 8.64. The van der Waals surface area contributed by atoms with Crippen LogP contribution in [0.15, 0.2) is 22.7 Å². The van der Waals surface area contributed by atoms with Gasteiger partial charge in [-0.1, -0.05) is 15.9 Å². The summed E-state index contributed by atoms with van der Waals surface area (Å²) in [6.45, 7) is -0.0346. The van der Waals surface area contributed by atoms with E-state index < -0.39 is 6.04 Å². The van der Waals surface area contributed by atoms with Crippen LogP contribution in [-0.4, -0.2) is 11.7 Å². The van der Waals surface area contributed by atoms with E-state index in [0.29, 0.717) is 12.0 Å². The number of hydrogen-bond acceptors (Lipinski definition) is 2. The van der Waals surface area contributed by atoms with Crippen molar-refractivity contribution >= 4 is 15.9 Å². The predicted octanol–water partition coefficient (Wildman–Crippen LogP) is 1.97. The SMILES string of the molecule is NC(CCO)c1cc(Br)ccc1F. The number of aliphatic hydroxyl groups is 1. The summed E-state index contributed by atoms with van der Waals surface area (Å²) < 4.78 is 14.0. The lowest BCUT2D eigenvalue weighted by Crippen LogP contribution is -2.13. The lowest BCUT2D eigenvalue weighted by molar-refractivity contribution is 0.275. The lowest BCUT2D eigenvalue weighted by atomic mass is 10.0. The molecule has 0 fully saturated rings. The third kappa shape index (κ3) is 2.76. The molecule has 0 bridgehead atoms. The number of halogens is 2. The van der Waals surface area contributed by atoms with Gasteiger partial charge < -0.3 is 10.8 Å². The van der Waals surface area contributed by atoms with E-state index in [1.807, 2.05) is 0 Å². The molecule has 1 rings (SSSR count). The average Bonchev–Trinajstić information content (AvgIpc) is 2.09. The number of benzene rings is 1. The van der Waals surface area contributed by atoms with Crippen molar-refractivity contribution in [2.45, 2.75) is 12.5 Å². The standard InChI is InChI=1S/C9H11BrFNO/c10-6-1-2-8(11)7(5-6)9(12)3-4-13/h1-2,5,9,13H,3-4,12H2. The maximum absolute atomic E-state index is 13.2. The van der Waals surface area contributed by atoms with E-state index >= 15 is 0 Å². The van der Waals surface area contributed by atoms with Gasteiger partial charge in [-0.3, -0.25) is 0 Å². The zero-order chi connectivity index (χ0) is 9.84. The van der Waals surface area contributed by atoms with E-state index in [0.717, 1.165) is 4.47 Å². The molecule has 3 N–H and O–H groups in total. The van der Waals surface area contributed by atoms with Gasteiger partial charge >= 0.3 is 0 Å². The zero-order valence-corrected chi connectivity index (χ0v) is 8.59. The normalized spacial score (nSPS) is 12.9. The number of aliphatic hydroxyl groups excluding tert-OH is 1. The first kappa shape index (κ1) is 10.6. The van der Waals surface area contributed by atoms with Crippen LogP contribution in [0.3, 0.4) is 0 Å². The van der Waals surface area contributed by atoms with Gasteiger partial charge in [-0.2, -0.15) is 0 Å². The largest absolute Gasteiger partial charge is 0.396 e. The summed E-state index contributed by atoms with van der Waals surface area (Å²) in [6, 6.07) is 4.17. The highest BCUT2D eigenvalue weighted by Gasteiger charge is 2.10. The highest BCUT2D eigenvalue weighted by Crippen LogP contribution is 2.21. The van der Waals surface area contributed by atoms with Crippen molar-refractivity contribution in [1.82, 2.24) is 0 Å². The van der Waals surface area contributed by atoms with Crippen LogP contribution < -0.4 is 5.73 Å². The fourth-order valence-corrected chi connectivity index (χ4v) is 1.47. The average molecular weight is 248 g/mol. The van der Waals surface area contributed by atoms with Gasteiger partial charge in [0.05, 0.1) is 0 Å². The van der Waals surface area contributed by atoms with Crippen LogP contribution in [0, 0.1) is 5.82 Å². The lowest BCUT2D eigenvalue weighted by Gasteiger charge is -2.11. The second-order valence-electron chi connectivity index (χ2n) is 2.78. The molecule has 13 heavy (non-hydrogen) atoms. The topological polar surface area (TPSA) is 46.2 Å².